The van der Waals surface area contributed by atoms with Gasteiger partial charge in [-0.25, -0.2) is 0 Å². The molecule has 0 saturated carbocycles. The highest BCUT2D eigenvalue weighted by Crippen LogP contribution is 2.22. The highest BCUT2D eigenvalue weighted by Gasteiger charge is 2.11. The van der Waals surface area contributed by atoms with Gasteiger partial charge in [0.15, 0.2) is 5.82 Å². The lowest BCUT2D eigenvalue weighted by atomic mass is 10.3. The summed E-state index contributed by atoms with van der Waals surface area (Å²) in [5.74, 6) is 1.56. The van der Waals surface area contributed by atoms with Crippen LogP contribution in [-0.2, 0) is 6.54 Å². The first-order chi connectivity index (χ1) is 9.36. The molecule has 1 aromatic heterocycles. The smallest absolute Gasteiger partial charge is 0.170 e. The van der Waals surface area contributed by atoms with Gasteiger partial charge < -0.3 is 10.1 Å². The van der Waals surface area contributed by atoms with Gasteiger partial charge in [0.05, 0.1) is 13.2 Å². The van der Waals surface area contributed by atoms with Gasteiger partial charge in [-0.05, 0) is 42.4 Å². The number of tetrazole rings is 1. The molecule has 6 heteroatoms. The van der Waals surface area contributed by atoms with E-state index in [1.807, 2.05) is 31.2 Å². The lowest BCUT2D eigenvalue weighted by molar-refractivity contribution is 0.338. The lowest BCUT2D eigenvalue weighted by Crippen LogP contribution is -2.18. The van der Waals surface area contributed by atoms with Crippen molar-refractivity contribution in [1.82, 2.24) is 25.5 Å². The number of rotatable bonds is 7. The fraction of sp³-hybridized carbons (Fsp3) is 0.462. The van der Waals surface area contributed by atoms with Gasteiger partial charge in [-0.3, -0.25) is 0 Å². The molecule has 0 amide bonds. The van der Waals surface area contributed by atoms with Gasteiger partial charge in [0.25, 0.3) is 0 Å². The molecule has 0 spiro atoms. The van der Waals surface area contributed by atoms with E-state index in [9.17, 15) is 0 Å². The second-order valence-electron chi connectivity index (χ2n) is 4.08. The van der Waals surface area contributed by atoms with Crippen LogP contribution in [0.3, 0.4) is 0 Å². The van der Waals surface area contributed by atoms with E-state index < -0.39 is 0 Å². The fourth-order valence-electron chi connectivity index (χ4n) is 1.79. The van der Waals surface area contributed by atoms with Crippen molar-refractivity contribution < 1.29 is 4.74 Å². The van der Waals surface area contributed by atoms with Crippen LogP contribution in [0.4, 0.5) is 0 Å². The van der Waals surface area contributed by atoms with Crippen molar-refractivity contribution in [2.75, 3.05) is 13.2 Å². The molecule has 0 aliphatic rings. The Morgan fingerprint density at radius 3 is 2.89 bits per heavy atom. The molecule has 0 saturated heterocycles. The first-order valence-electron chi connectivity index (χ1n) is 6.57. The molecule has 1 N–H and O–H groups in total. The summed E-state index contributed by atoms with van der Waals surface area (Å²) < 4.78 is 7.32. The van der Waals surface area contributed by atoms with Crippen LogP contribution in [0.5, 0.6) is 5.75 Å². The molecule has 0 unspecified atom stereocenters. The summed E-state index contributed by atoms with van der Waals surface area (Å²) in [6.45, 7) is 6.28. The zero-order valence-electron chi connectivity index (χ0n) is 11.3. The summed E-state index contributed by atoms with van der Waals surface area (Å²) >= 11 is 0. The molecule has 1 aromatic carbocycles. The third kappa shape index (κ3) is 3.29. The van der Waals surface area contributed by atoms with Crippen LogP contribution in [-0.4, -0.2) is 33.4 Å². The molecule has 1 heterocycles. The molecule has 2 rings (SSSR count). The zero-order valence-corrected chi connectivity index (χ0v) is 11.3. The van der Waals surface area contributed by atoms with E-state index in [-0.39, 0.29) is 0 Å². The van der Waals surface area contributed by atoms with Gasteiger partial charge in [-0.15, -0.1) is 5.10 Å². The Bertz CT molecular complexity index is 511. The molecule has 0 radical (unpaired) electrons. The van der Waals surface area contributed by atoms with E-state index in [4.69, 9.17) is 4.74 Å². The van der Waals surface area contributed by atoms with Gasteiger partial charge in [0, 0.05) is 0 Å². The van der Waals surface area contributed by atoms with Gasteiger partial charge in [-0.2, -0.15) is 4.68 Å². The van der Waals surface area contributed by atoms with E-state index in [0.29, 0.717) is 13.2 Å². The summed E-state index contributed by atoms with van der Waals surface area (Å²) in [6, 6.07) is 7.76. The normalized spacial score (nSPS) is 10.6. The van der Waals surface area contributed by atoms with E-state index >= 15 is 0 Å². The minimum absolute atomic E-state index is 0.614. The van der Waals surface area contributed by atoms with Crippen LogP contribution in [0.25, 0.3) is 5.69 Å². The maximum absolute atomic E-state index is 5.60. The van der Waals surface area contributed by atoms with Crippen molar-refractivity contribution in [2.24, 2.45) is 0 Å². The minimum atomic E-state index is 0.614. The Balaban J connectivity index is 2.24. The minimum Gasteiger partial charge on any atom is -0.492 e. The molecular formula is C13H19N5O. The summed E-state index contributed by atoms with van der Waals surface area (Å²) in [4.78, 5) is 0. The number of hydrogen-bond acceptors (Lipinski definition) is 5. The van der Waals surface area contributed by atoms with Crippen LogP contribution < -0.4 is 10.1 Å². The Morgan fingerprint density at radius 1 is 1.26 bits per heavy atom. The van der Waals surface area contributed by atoms with Crippen LogP contribution in [0, 0.1) is 0 Å². The quantitative estimate of drug-likeness (QED) is 0.766. The first kappa shape index (κ1) is 13.5. The maximum Gasteiger partial charge on any atom is 0.170 e. The molecule has 0 fully saturated rings. The van der Waals surface area contributed by atoms with Crippen LogP contribution in [0.1, 0.15) is 26.1 Å². The summed E-state index contributed by atoms with van der Waals surface area (Å²) in [7, 11) is 0. The lowest BCUT2D eigenvalue weighted by Gasteiger charge is -2.10. The third-order valence-electron chi connectivity index (χ3n) is 2.64. The molecule has 6 nitrogen and oxygen atoms in total. The van der Waals surface area contributed by atoms with Crippen LogP contribution in [0.2, 0.25) is 0 Å². The molecular weight excluding hydrogens is 242 g/mol. The second kappa shape index (κ2) is 6.84. The molecule has 2 aromatic rings. The topological polar surface area (TPSA) is 64.9 Å². The van der Waals surface area contributed by atoms with Gasteiger partial charge >= 0.3 is 0 Å². The number of hydrogen-bond donors (Lipinski definition) is 1. The van der Waals surface area contributed by atoms with Crippen molar-refractivity contribution in [1.29, 1.82) is 0 Å². The van der Waals surface area contributed by atoms with Crippen molar-refractivity contribution in [3.05, 3.63) is 30.1 Å². The van der Waals surface area contributed by atoms with Crippen molar-refractivity contribution in [3.8, 4) is 11.4 Å². The number of nitrogens with one attached hydrogen (secondary N) is 1. The fourth-order valence-corrected chi connectivity index (χ4v) is 1.79. The third-order valence-corrected chi connectivity index (χ3v) is 2.64. The van der Waals surface area contributed by atoms with Gasteiger partial charge in [0.2, 0.25) is 0 Å². The summed E-state index contributed by atoms with van der Waals surface area (Å²) in [5.41, 5.74) is 0.864. The predicted molar refractivity (Wildman–Crippen MR) is 72.3 cm³/mol. The van der Waals surface area contributed by atoms with E-state index in [1.165, 1.54) is 0 Å². The molecule has 0 atom stereocenters. The van der Waals surface area contributed by atoms with Crippen LogP contribution in [0.15, 0.2) is 24.3 Å². The number of nitrogens with zero attached hydrogens (tertiary/aromatic N) is 4. The molecule has 0 bridgehead atoms. The number of para-hydroxylation sites is 2. The highest BCUT2D eigenvalue weighted by atomic mass is 16.5. The average Bonchev–Trinajstić information content (AvgIpc) is 2.88. The van der Waals surface area contributed by atoms with Crippen molar-refractivity contribution in [2.45, 2.75) is 26.8 Å². The van der Waals surface area contributed by atoms with Gasteiger partial charge in [0.1, 0.15) is 11.4 Å². The predicted octanol–water partition coefficient (Wildman–Crippen LogP) is 1.56. The largest absolute Gasteiger partial charge is 0.492 e. The van der Waals surface area contributed by atoms with E-state index in [2.05, 4.69) is 27.8 Å². The van der Waals surface area contributed by atoms with Gasteiger partial charge in [-0.1, -0.05) is 19.1 Å². The van der Waals surface area contributed by atoms with Crippen molar-refractivity contribution >= 4 is 0 Å². The van der Waals surface area contributed by atoms with E-state index in [0.717, 1.165) is 30.2 Å². The standard InChI is InChI=1S/C13H19N5O/c1-3-9-14-10-13-15-16-17-18(13)11-7-5-6-8-12(11)19-4-2/h5-8,14H,3-4,9-10H2,1-2H3. The molecule has 19 heavy (non-hydrogen) atoms. The zero-order chi connectivity index (χ0) is 13.5. The Hall–Kier alpha value is -1.95. The van der Waals surface area contributed by atoms with E-state index in [1.54, 1.807) is 4.68 Å². The number of ether oxygens (including phenoxy) is 1. The monoisotopic (exact) mass is 261 g/mol. The number of benzene rings is 1. The highest BCUT2D eigenvalue weighted by molar-refractivity contribution is 5.46. The average molecular weight is 261 g/mol. The molecule has 0 aliphatic heterocycles. The Labute approximate surface area is 112 Å². The summed E-state index contributed by atoms with van der Waals surface area (Å²) in [5, 5.41) is 15.1. The Morgan fingerprint density at radius 2 is 2.11 bits per heavy atom. The van der Waals surface area contributed by atoms with Crippen LogP contribution >= 0.6 is 0 Å². The second-order valence-corrected chi connectivity index (χ2v) is 4.08. The number of aromatic nitrogens is 4. The molecule has 102 valence electrons. The SMILES string of the molecule is CCCNCc1nnnn1-c1ccccc1OCC. The first-order valence-corrected chi connectivity index (χ1v) is 6.57. The Kier molecular flexibility index (Phi) is 4.85. The van der Waals surface area contributed by atoms with Crippen molar-refractivity contribution in [3.63, 3.8) is 0 Å². The molecule has 0 aliphatic carbocycles. The summed E-state index contributed by atoms with van der Waals surface area (Å²) in [6.07, 6.45) is 1.08. The maximum atomic E-state index is 5.60.